The first-order valence-electron chi connectivity index (χ1n) is 7.33. The Balaban J connectivity index is 1.94. The SMILES string of the molecule is CC(Oc1ccc2c(=O)c(Oc3ccccc3Cl)coc2c1)C(=O)O. The number of para-hydroxylation sites is 1. The van der Waals surface area contributed by atoms with Crippen molar-refractivity contribution in [3.05, 3.63) is 64.0 Å². The Bertz CT molecular complexity index is 994. The lowest BCUT2D eigenvalue weighted by atomic mass is 10.2. The minimum absolute atomic E-state index is 0.00632. The molecule has 0 amide bonds. The molecule has 0 fully saturated rings. The Kier molecular flexibility index (Phi) is 4.63. The van der Waals surface area contributed by atoms with Crippen molar-refractivity contribution >= 4 is 28.5 Å². The maximum atomic E-state index is 12.5. The van der Waals surface area contributed by atoms with Crippen molar-refractivity contribution in [1.29, 1.82) is 0 Å². The third-order valence-electron chi connectivity index (χ3n) is 3.43. The van der Waals surface area contributed by atoms with Crippen LogP contribution < -0.4 is 14.9 Å². The molecule has 0 bridgehead atoms. The van der Waals surface area contributed by atoms with Crippen LogP contribution >= 0.6 is 11.6 Å². The van der Waals surface area contributed by atoms with Crippen molar-refractivity contribution in [2.75, 3.05) is 0 Å². The van der Waals surface area contributed by atoms with Crippen LogP contribution in [0.15, 0.2) is 57.9 Å². The summed E-state index contributed by atoms with van der Waals surface area (Å²) in [7, 11) is 0. The van der Waals surface area contributed by atoms with Gasteiger partial charge in [0.25, 0.3) is 0 Å². The molecular weight excluding hydrogens is 348 g/mol. The highest BCUT2D eigenvalue weighted by molar-refractivity contribution is 6.32. The molecule has 6 nitrogen and oxygen atoms in total. The predicted molar refractivity (Wildman–Crippen MR) is 91.7 cm³/mol. The molecule has 1 heterocycles. The molecule has 3 aromatic rings. The van der Waals surface area contributed by atoms with Crippen molar-refractivity contribution < 1.29 is 23.8 Å². The molecule has 128 valence electrons. The fourth-order valence-corrected chi connectivity index (χ4v) is 2.31. The standard InChI is InChI=1S/C18H13ClO6/c1-10(18(21)22)24-11-6-7-12-15(8-11)23-9-16(17(12)20)25-14-5-3-2-4-13(14)19/h2-10H,1H3,(H,21,22). The van der Waals surface area contributed by atoms with Gasteiger partial charge in [-0.1, -0.05) is 23.7 Å². The summed E-state index contributed by atoms with van der Waals surface area (Å²) >= 11 is 6.02. The van der Waals surface area contributed by atoms with E-state index in [0.717, 1.165) is 0 Å². The molecule has 1 unspecified atom stereocenters. The molecule has 3 rings (SSSR count). The third-order valence-corrected chi connectivity index (χ3v) is 3.74. The Morgan fingerprint density at radius 1 is 1.20 bits per heavy atom. The highest BCUT2D eigenvalue weighted by atomic mass is 35.5. The van der Waals surface area contributed by atoms with Gasteiger partial charge in [-0.3, -0.25) is 4.79 Å². The van der Waals surface area contributed by atoms with Gasteiger partial charge < -0.3 is 19.0 Å². The number of hydrogen-bond donors (Lipinski definition) is 1. The van der Waals surface area contributed by atoms with E-state index in [1.54, 1.807) is 24.3 Å². The molecule has 2 aromatic carbocycles. The summed E-state index contributed by atoms with van der Waals surface area (Å²) in [5.74, 6) is -0.477. The van der Waals surface area contributed by atoms with Crippen LogP contribution in [0.5, 0.6) is 17.2 Å². The molecule has 0 radical (unpaired) electrons. The van der Waals surface area contributed by atoms with Gasteiger partial charge in [-0.05, 0) is 31.2 Å². The molecule has 0 aliphatic carbocycles. The van der Waals surface area contributed by atoms with Crippen molar-refractivity contribution in [2.24, 2.45) is 0 Å². The van der Waals surface area contributed by atoms with Gasteiger partial charge in [0.2, 0.25) is 11.2 Å². The molecule has 0 aliphatic rings. The number of aliphatic carboxylic acids is 1. The normalized spacial score (nSPS) is 11.9. The summed E-state index contributed by atoms with van der Waals surface area (Å²) in [6.07, 6.45) is 0.158. The van der Waals surface area contributed by atoms with Crippen LogP contribution in [0.2, 0.25) is 5.02 Å². The Morgan fingerprint density at radius 3 is 2.68 bits per heavy atom. The van der Waals surface area contributed by atoms with E-state index < -0.39 is 12.1 Å². The summed E-state index contributed by atoms with van der Waals surface area (Å²) in [6.45, 7) is 1.41. The largest absolute Gasteiger partial charge is 0.479 e. The van der Waals surface area contributed by atoms with Gasteiger partial charge in [0, 0.05) is 6.07 Å². The molecule has 1 aromatic heterocycles. The van der Waals surface area contributed by atoms with Crippen LogP contribution in [0.4, 0.5) is 0 Å². The minimum Gasteiger partial charge on any atom is -0.479 e. The molecule has 0 saturated carbocycles. The van der Waals surface area contributed by atoms with E-state index in [-0.39, 0.29) is 27.9 Å². The first-order chi connectivity index (χ1) is 12.0. The average Bonchev–Trinajstić information content (AvgIpc) is 2.59. The number of benzene rings is 2. The zero-order chi connectivity index (χ0) is 18.0. The van der Waals surface area contributed by atoms with E-state index in [2.05, 4.69) is 0 Å². The Labute approximate surface area is 147 Å². The second-order valence-corrected chi connectivity index (χ2v) is 5.63. The summed E-state index contributed by atoms with van der Waals surface area (Å²) in [5.41, 5.74) is -0.120. The highest BCUT2D eigenvalue weighted by Crippen LogP contribution is 2.29. The van der Waals surface area contributed by atoms with Crippen LogP contribution in [0.1, 0.15) is 6.92 Å². The number of ether oxygens (including phenoxy) is 2. The molecular formula is C18H13ClO6. The van der Waals surface area contributed by atoms with E-state index >= 15 is 0 Å². The van der Waals surface area contributed by atoms with Crippen molar-refractivity contribution in [2.45, 2.75) is 13.0 Å². The number of carboxylic acid groups (broad SMARTS) is 1. The number of carboxylic acids is 1. The second-order valence-electron chi connectivity index (χ2n) is 5.22. The molecule has 0 saturated heterocycles. The van der Waals surface area contributed by atoms with E-state index in [1.807, 2.05) is 0 Å². The quantitative estimate of drug-likeness (QED) is 0.737. The van der Waals surface area contributed by atoms with E-state index in [0.29, 0.717) is 10.8 Å². The molecule has 25 heavy (non-hydrogen) atoms. The maximum absolute atomic E-state index is 12.5. The summed E-state index contributed by atoms with van der Waals surface area (Å²) in [5, 5.41) is 9.52. The van der Waals surface area contributed by atoms with Gasteiger partial charge in [0.1, 0.15) is 23.3 Å². The lowest BCUT2D eigenvalue weighted by molar-refractivity contribution is -0.144. The monoisotopic (exact) mass is 360 g/mol. The van der Waals surface area contributed by atoms with Crippen molar-refractivity contribution in [3.63, 3.8) is 0 Å². The Hall–Kier alpha value is -2.99. The third kappa shape index (κ3) is 3.59. The maximum Gasteiger partial charge on any atom is 0.344 e. The zero-order valence-corrected chi connectivity index (χ0v) is 13.8. The number of halogens is 1. The van der Waals surface area contributed by atoms with Gasteiger partial charge >= 0.3 is 5.97 Å². The van der Waals surface area contributed by atoms with Crippen LogP contribution in [0, 0.1) is 0 Å². The van der Waals surface area contributed by atoms with E-state index in [1.165, 1.54) is 31.4 Å². The highest BCUT2D eigenvalue weighted by Gasteiger charge is 2.15. The predicted octanol–water partition coefficient (Wildman–Crippen LogP) is 4.09. The van der Waals surface area contributed by atoms with E-state index in [4.69, 9.17) is 30.6 Å². The number of fused-ring (bicyclic) bond motifs is 1. The smallest absolute Gasteiger partial charge is 0.344 e. The van der Waals surface area contributed by atoms with Gasteiger partial charge in [0.05, 0.1) is 10.4 Å². The number of hydrogen-bond acceptors (Lipinski definition) is 5. The topological polar surface area (TPSA) is 86.0 Å². The second kappa shape index (κ2) is 6.86. The molecule has 0 spiro atoms. The summed E-state index contributed by atoms with van der Waals surface area (Å²) in [6, 6.07) is 11.2. The van der Waals surface area contributed by atoms with E-state index in [9.17, 15) is 9.59 Å². The van der Waals surface area contributed by atoms with Crippen molar-refractivity contribution in [1.82, 2.24) is 0 Å². The molecule has 1 atom stereocenters. The average molecular weight is 361 g/mol. The van der Waals surface area contributed by atoms with Crippen LogP contribution in [-0.2, 0) is 4.79 Å². The fraction of sp³-hybridized carbons (Fsp3) is 0.111. The Morgan fingerprint density at radius 2 is 1.96 bits per heavy atom. The van der Waals surface area contributed by atoms with Gasteiger partial charge in [-0.25, -0.2) is 4.79 Å². The number of rotatable bonds is 5. The summed E-state index contributed by atoms with van der Waals surface area (Å²) in [4.78, 5) is 23.4. The van der Waals surface area contributed by atoms with Crippen LogP contribution in [-0.4, -0.2) is 17.2 Å². The fourth-order valence-electron chi connectivity index (χ4n) is 2.14. The van der Waals surface area contributed by atoms with Gasteiger partial charge in [-0.15, -0.1) is 0 Å². The first kappa shape index (κ1) is 16.9. The summed E-state index contributed by atoms with van der Waals surface area (Å²) < 4.78 is 16.2. The molecule has 7 heteroatoms. The van der Waals surface area contributed by atoms with Crippen molar-refractivity contribution in [3.8, 4) is 17.2 Å². The molecule has 1 N–H and O–H groups in total. The zero-order valence-electron chi connectivity index (χ0n) is 13.1. The van der Waals surface area contributed by atoms with Crippen LogP contribution in [0.25, 0.3) is 11.0 Å². The first-order valence-corrected chi connectivity index (χ1v) is 7.71. The minimum atomic E-state index is -1.09. The van der Waals surface area contributed by atoms with Gasteiger partial charge in [0.15, 0.2) is 6.10 Å². The number of carbonyl (C=O) groups is 1. The lowest BCUT2D eigenvalue weighted by Gasteiger charge is -2.11. The van der Waals surface area contributed by atoms with Crippen LogP contribution in [0.3, 0.4) is 0 Å². The lowest BCUT2D eigenvalue weighted by Crippen LogP contribution is -2.22. The molecule has 0 aliphatic heterocycles. The van der Waals surface area contributed by atoms with Gasteiger partial charge in [-0.2, -0.15) is 0 Å².